The molecule has 1 fully saturated rings. The van der Waals surface area contributed by atoms with Crippen molar-refractivity contribution in [2.24, 2.45) is 0 Å². The topological polar surface area (TPSA) is 60.9 Å². The number of nitrogens with zero attached hydrogens (tertiary/aromatic N) is 2. The first kappa shape index (κ1) is 19.2. The molecular formula is C20H28N2O3. The van der Waals surface area contributed by atoms with Gasteiger partial charge in [0.2, 0.25) is 0 Å². The molecule has 1 amide bonds. The molecule has 1 aromatic rings. The number of carbonyl (C=O) groups excluding carboxylic acids is 2. The molecule has 5 nitrogen and oxygen atoms in total. The van der Waals surface area contributed by atoms with Crippen molar-refractivity contribution in [2.75, 3.05) is 31.1 Å². The van der Waals surface area contributed by atoms with Gasteiger partial charge in [0.05, 0.1) is 5.69 Å². The Morgan fingerprint density at radius 1 is 1.24 bits per heavy atom. The van der Waals surface area contributed by atoms with Crippen LogP contribution < -0.4 is 4.90 Å². The number of carbonyl (C=O) groups is 2. The highest BCUT2D eigenvalue weighted by molar-refractivity contribution is 6.03. The molecule has 1 heterocycles. The number of Topliss-reactive ketones (excluding diaryl/α,β-unsaturated/α-hetero) is 1. The molecule has 1 saturated heterocycles. The van der Waals surface area contributed by atoms with Gasteiger partial charge in [0.25, 0.3) is 5.91 Å². The quantitative estimate of drug-likeness (QED) is 0.608. The summed E-state index contributed by atoms with van der Waals surface area (Å²) in [5.74, 6) is -0.335. The maximum absolute atomic E-state index is 12.3. The first-order valence-corrected chi connectivity index (χ1v) is 9.09. The number of likely N-dealkylation sites (tertiary alicyclic amines) is 1. The van der Waals surface area contributed by atoms with Gasteiger partial charge in [0.1, 0.15) is 5.75 Å². The number of anilines is 1. The van der Waals surface area contributed by atoms with Crippen molar-refractivity contribution in [3.05, 3.63) is 36.4 Å². The normalized spacial score (nSPS) is 15.4. The predicted octanol–water partition coefficient (Wildman–Crippen LogP) is 3.38. The zero-order valence-electron chi connectivity index (χ0n) is 15.0. The minimum Gasteiger partial charge on any atom is -0.506 e. The number of amides is 1. The van der Waals surface area contributed by atoms with Gasteiger partial charge in [-0.1, -0.05) is 26.3 Å². The molecule has 0 unspecified atom stereocenters. The second-order valence-corrected chi connectivity index (χ2v) is 6.43. The fourth-order valence-electron chi connectivity index (χ4n) is 3.19. The fraction of sp³-hybridized carbons (Fsp3) is 0.500. The Hall–Kier alpha value is -2.14. The largest absolute Gasteiger partial charge is 0.506 e. The van der Waals surface area contributed by atoms with E-state index < -0.39 is 0 Å². The number of benzene rings is 1. The van der Waals surface area contributed by atoms with Crippen LogP contribution in [0, 0.1) is 0 Å². The van der Waals surface area contributed by atoms with E-state index >= 15 is 0 Å². The van der Waals surface area contributed by atoms with Crippen LogP contribution in [-0.4, -0.2) is 47.9 Å². The van der Waals surface area contributed by atoms with Crippen molar-refractivity contribution in [2.45, 2.75) is 39.0 Å². The van der Waals surface area contributed by atoms with Crippen molar-refractivity contribution in [3.8, 4) is 5.75 Å². The lowest BCUT2D eigenvalue weighted by Gasteiger charge is -2.27. The van der Waals surface area contributed by atoms with E-state index in [2.05, 4.69) is 11.5 Å². The molecule has 0 aromatic heterocycles. The maximum atomic E-state index is 12.3. The smallest absolute Gasteiger partial charge is 0.250 e. The molecule has 1 aromatic carbocycles. The van der Waals surface area contributed by atoms with E-state index in [0.717, 1.165) is 19.6 Å². The Morgan fingerprint density at radius 2 is 1.92 bits per heavy atom. The number of ketones is 1. The van der Waals surface area contributed by atoms with Crippen LogP contribution in [0.3, 0.4) is 0 Å². The molecule has 25 heavy (non-hydrogen) atoms. The maximum Gasteiger partial charge on any atom is 0.250 e. The zero-order valence-corrected chi connectivity index (χ0v) is 15.0. The van der Waals surface area contributed by atoms with Gasteiger partial charge in [0, 0.05) is 25.1 Å². The molecule has 0 aliphatic carbocycles. The standard InChI is InChI=1S/C20H28N2O3/c1-3-18(23)16-9-10-17(19(24)15-16)22(20(25)4-2)14-13-21-11-7-5-6-8-12-21/h4,9-10,15,24H,2-3,5-8,11-14H2,1H3. The van der Waals surface area contributed by atoms with Crippen LogP contribution in [0.25, 0.3) is 0 Å². The summed E-state index contributed by atoms with van der Waals surface area (Å²) in [4.78, 5) is 28.0. The van der Waals surface area contributed by atoms with E-state index in [1.54, 1.807) is 19.1 Å². The van der Waals surface area contributed by atoms with Crippen LogP contribution in [0.2, 0.25) is 0 Å². The van der Waals surface area contributed by atoms with Crippen LogP contribution >= 0.6 is 0 Å². The first-order valence-electron chi connectivity index (χ1n) is 9.09. The summed E-state index contributed by atoms with van der Waals surface area (Å²) in [6.07, 6.45) is 6.54. The minimum absolute atomic E-state index is 0.0342. The Kier molecular flexibility index (Phi) is 7.19. The van der Waals surface area contributed by atoms with E-state index in [1.165, 1.54) is 42.7 Å². The van der Waals surface area contributed by atoms with Gasteiger partial charge in [-0.3, -0.25) is 9.59 Å². The zero-order chi connectivity index (χ0) is 18.2. The Labute approximate surface area is 149 Å². The van der Waals surface area contributed by atoms with Crippen LogP contribution in [0.15, 0.2) is 30.9 Å². The van der Waals surface area contributed by atoms with Crippen LogP contribution in [0.4, 0.5) is 5.69 Å². The van der Waals surface area contributed by atoms with Crippen molar-refractivity contribution < 1.29 is 14.7 Å². The summed E-state index contributed by atoms with van der Waals surface area (Å²) in [6.45, 7) is 8.68. The van der Waals surface area contributed by atoms with E-state index in [-0.39, 0.29) is 17.4 Å². The lowest BCUT2D eigenvalue weighted by Crippen LogP contribution is -2.38. The predicted molar refractivity (Wildman–Crippen MR) is 100 cm³/mol. The average Bonchev–Trinajstić information content (AvgIpc) is 2.90. The van der Waals surface area contributed by atoms with Crippen molar-refractivity contribution >= 4 is 17.4 Å². The first-order chi connectivity index (χ1) is 12.1. The van der Waals surface area contributed by atoms with Gasteiger partial charge in [-0.05, 0) is 50.2 Å². The third-order valence-electron chi connectivity index (χ3n) is 4.69. The lowest BCUT2D eigenvalue weighted by molar-refractivity contribution is -0.114. The van der Waals surface area contributed by atoms with Crippen molar-refractivity contribution in [1.29, 1.82) is 0 Å². The Balaban J connectivity index is 2.15. The lowest BCUT2D eigenvalue weighted by atomic mass is 10.1. The molecule has 0 saturated carbocycles. The number of phenols is 1. The molecule has 1 aliphatic heterocycles. The summed E-state index contributed by atoms with van der Waals surface area (Å²) in [6, 6.07) is 4.74. The molecule has 0 bridgehead atoms. The Morgan fingerprint density at radius 3 is 2.48 bits per heavy atom. The summed E-state index contributed by atoms with van der Waals surface area (Å²) in [5, 5.41) is 10.3. The molecule has 5 heteroatoms. The van der Waals surface area contributed by atoms with Crippen molar-refractivity contribution in [3.63, 3.8) is 0 Å². The SMILES string of the molecule is C=CC(=O)N(CCN1CCCCCC1)c1ccc(C(=O)CC)cc1O. The number of phenolic OH excluding ortho intramolecular Hbond substituents is 1. The third-order valence-corrected chi connectivity index (χ3v) is 4.69. The molecule has 0 radical (unpaired) electrons. The highest BCUT2D eigenvalue weighted by atomic mass is 16.3. The van der Waals surface area contributed by atoms with Crippen LogP contribution in [-0.2, 0) is 4.79 Å². The van der Waals surface area contributed by atoms with Crippen LogP contribution in [0.5, 0.6) is 5.75 Å². The highest BCUT2D eigenvalue weighted by Gasteiger charge is 2.19. The van der Waals surface area contributed by atoms with Gasteiger partial charge < -0.3 is 14.9 Å². The van der Waals surface area contributed by atoms with Crippen molar-refractivity contribution in [1.82, 2.24) is 4.90 Å². The molecule has 0 spiro atoms. The Bertz CT molecular complexity index is 619. The average molecular weight is 344 g/mol. The minimum atomic E-state index is -0.250. The van der Waals surface area contributed by atoms with E-state index in [9.17, 15) is 14.7 Å². The van der Waals surface area contributed by atoms with E-state index in [4.69, 9.17) is 0 Å². The number of hydrogen-bond donors (Lipinski definition) is 1. The summed E-state index contributed by atoms with van der Waals surface area (Å²) >= 11 is 0. The molecule has 0 atom stereocenters. The summed E-state index contributed by atoms with van der Waals surface area (Å²) in [5.41, 5.74) is 0.884. The molecule has 1 aliphatic rings. The molecular weight excluding hydrogens is 316 g/mol. The van der Waals surface area contributed by atoms with Gasteiger partial charge in [0.15, 0.2) is 5.78 Å². The summed E-state index contributed by atoms with van der Waals surface area (Å²) in [7, 11) is 0. The van der Waals surface area contributed by atoms with Crippen LogP contribution in [0.1, 0.15) is 49.4 Å². The second kappa shape index (κ2) is 9.37. The molecule has 2 rings (SSSR count). The van der Waals surface area contributed by atoms with Gasteiger partial charge in [-0.25, -0.2) is 0 Å². The highest BCUT2D eigenvalue weighted by Crippen LogP contribution is 2.29. The number of aromatic hydroxyl groups is 1. The third kappa shape index (κ3) is 5.16. The monoisotopic (exact) mass is 344 g/mol. The molecule has 136 valence electrons. The number of hydrogen-bond acceptors (Lipinski definition) is 4. The fourth-order valence-corrected chi connectivity index (χ4v) is 3.19. The van der Waals surface area contributed by atoms with E-state index in [0.29, 0.717) is 24.2 Å². The van der Waals surface area contributed by atoms with Gasteiger partial charge in [-0.2, -0.15) is 0 Å². The second-order valence-electron chi connectivity index (χ2n) is 6.43. The number of rotatable bonds is 7. The summed E-state index contributed by atoms with van der Waals surface area (Å²) < 4.78 is 0. The van der Waals surface area contributed by atoms with Gasteiger partial charge in [-0.15, -0.1) is 0 Å². The van der Waals surface area contributed by atoms with E-state index in [1.807, 2.05) is 0 Å². The van der Waals surface area contributed by atoms with Gasteiger partial charge >= 0.3 is 0 Å². The molecule has 1 N–H and O–H groups in total.